The Hall–Kier alpha value is -3.67. The maximum absolute atomic E-state index is 12.9. The number of aromatic nitrogens is 3. The van der Waals surface area contributed by atoms with Gasteiger partial charge in [-0.25, -0.2) is 0 Å². The molecule has 2 aromatic heterocycles. The number of carbonyl (C=O) groups excluding carboxylic acids is 1. The normalized spacial score (nSPS) is 10.8. The van der Waals surface area contributed by atoms with Gasteiger partial charge >= 0.3 is 0 Å². The van der Waals surface area contributed by atoms with Gasteiger partial charge in [0, 0.05) is 36.9 Å². The molecule has 0 saturated heterocycles. The van der Waals surface area contributed by atoms with E-state index in [0.29, 0.717) is 17.9 Å². The Kier molecular flexibility index (Phi) is 4.76. The van der Waals surface area contributed by atoms with Crippen LogP contribution in [-0.4, -0.2) is 40.1 Å². The first-order valence-corrected chi connectivity index (χ1v) is 8.92. The van der Waals surface area contributed by atoms with E-state index in [1.165, 1.54) is 0 Å². The highest BCUT2D eigenvalue weighted by Gasteiger charge is 2.17. The summed E-state index contributed by atoms with van der Waals surface area (Å²) in [7, 11) is 3.41. The summed E-state index contributed by atoms with van der Waals surface area (Å²) in [6, 6.07) is 17.3. The molecule has 2 heterocycles. The zero-order chi connectivity index (χ0) is 19.5. The zero-order valence-corrected chi connectivity index (χ0v) is 15.7. The maximum Gasteiger partial charge on any atom is 0.271 e. The highest BCUT2D eigenvalue weighted by molar-refractivity contribution is 5.93. The standard InChI is InChI=1S/C22H20N4O2/c1-26(14-17-7-3-6-16-13-23-10-9-19(16)17)22(27)21-12-20(24-25-21)15-5-4-8-18(11-15)28-2/h3-13H,14H2,1-2H3,(H,24,25). The number of hydrogen-bond donors (Lipinski definition) is 1. The molecule has 1 N–H and O–H groups in total. The van der Waals surface area contributed by atoms with E-state index in [9.17, 15) is 4.79 Å². The minimum atomic E-state index is -0.118. The molecular formula is C22H20N4O2. The topological polar surface area (TPSA) is 71.1 Å². The maximum atomic E-state index is 12.9. The van der Waals surface area contributed by atoms with E-state index in [2.05, 4.69) is 15.2 Å². The van der Waals surface area contributed by atoms with Crippen molar-refractivity contribution in [2.45, 2.75) is 6.54 Å². The van der Waals surface area contributed by atoms with E-state index >= 15 is 0 Å². The van der Waals surface area contributed by atoms with Gasteiger partial charge in [-0.05, 0) is 35.2 Å². The third kappa shape index (κ3) is 3.44. The first-order valence-electron chi connectivity index (χ1n) is 8.92. The van der Waals surface area contributed by atoms with Crippen LogP contribution in [-0.2, 0) is 6.54 Å². The Morgan fingerprint density at radius 2 is 2.00 bits per heavy atom. The van der Waals surface area contributed by atoms with Gasteiger partial charge in [0.2, 0.25) is 0 Å². The molecule has 0 bridgehead atoms. The largest absolute Gasteiger partial charge is 0.497 e. The van der Waals surface area contributed by atoms with Gasteiger partial charge in [0.05, 0.1) is 12.8 Å². The molecule has 2 aromatic carbocycles. The fourth-order valence-electron chi connectivity index (χ4n) is 3.22. The van der Waals surface area contributed by atoms with Crippen molar-refractivity contribution in [1.29, 1.82) is 0 Å². The second kappa shape index (κ2) is 7.52. The van der Waals surface area contributed by atoms with Gasteiger partial charge in [0.25, 0.3) is 5.91 Å². The molecular weight excluding hydrogens is 352 g/mol. The molecule has 0 aliphatic rings. The van der Waals surface area contributed by atoms with Crippen LogP contribution in [0, 0.1) is 0 Å². The van der Waals surface area contributed by atoms with Crippen LogP contribution in [0.1, 0.15) is 16.1 Å². The molecule has 0 fully saturated rings. The summed E-state index contributed by atoms with van der Waals surface area (Å²) in [6.07, 6.45) is 3.60. The quantitative estimate of drug-likeness (QED) is 0.577. The average molecular weight is 372 g/mol. The summed E-state index contributed by atoms with van der Waals surface area (Å²) in [6.45, 7) is 0.494. The van der Waals surface area contributed by atoms with Crippen LogP contribution < -0.4 is 4.74 Å². The third-order valence-electron chi connectivity index (χ3n) is 4.70. The Balaban J connectivity index is 1.55. The second-order valence-electron chi connectivity index (χ2n) is 6.57. The zero-order valence-electron chi connectivity index (χ0n) is 15.7. The van der Waals surface area contributed by atoms with Crippen LogP contribution in [0.4, 0.5) is 0 Å². The molecule has 0 atom stereocenters. The van der Waals surface area contributed by atoms with Crippen LogP contribution in [0.2, 0.25) is 0 Å². The molecule has 0 aliphatic carbocycles. The van der Waals surface area contributed by atoms with Crippen molar-refractivity contribution in [1.82, 2.24) is 20.1 Å². The molecule has 4 rings (SSSR count). The number of hydrogen-bond acceptors (Lipinski definition) is 4. The van der Waals surface area contributed by atoms with Crippen LogP contribution >= 0.6 is 0 Å². The van der Waals surface area contributed by atoms with E-state index in [0.717, 1.165) is 27.6 Å². The molecule has 4 aromatic rings. The second-order valence-corrected chi connectivity index (χ2v) is 6.57. The number of methoxy groups -OCH3 is 1. The number of benzene rings is 2. The first kappa shape index (κ1) is 17.7. The molecule has 6 nitrogen and oxygen atoms in total. The highest BCUT2D eigenvalue weighted by Crippen LogP contribution is 2.23. The predicted molar refractivity (Wildman–Crippen MR) is 108 cm³/mol. The molecule has 140 valence electrons. The number of H-pyrrole nitrogens is 1. The average Bonchev–Trinajstić information content (AvgIpc) is 3.24. The van der Waals surface area contributed by atoms with E-state index in [1.54, 1.807) is 31.3 Å². The van der Waals surface area contributed by atoms with Crippen LogP contribution in [0.3, 0.4) is 0 Å². The molecule has 1 amide bonds. The van der Waals surface area contributed by atoms with Gasteiger partial charge in [0.15, 0.2) is 0 Å². The molecule has 0 unspecified atom stereocenters. The highest BCUT2D eigenvalue weighted by atomic mass is 16.5. The number of pyridine rings is 1. The molecule has 6 heteroatoms. The third-order valence-corrected chi connectivity index (χ3v) is 4.70. The number of aromatic amines is 1. The lowest BCUT2D eigenvalue weighted by atomic mass is 10.1. The fraction of sp³-hybridized carbons (Fsp3) is 0.136. The number of nitrogens with one attached hydrogen (secondary N) is 1. The molecule has 0 spiro atoms. The van der Waals surface area contributed by atoms with Crippen LogP contribution in [0.15, 0.2) is 67.0 Å². The first-order chi connectivity index (χ1) is 13.7. The minimum absolute atomic E-state index is 0.118. The summed E-state index contributed by atoms with van der Waals surface area (Å²) in [5, 5.41) is 9.29. The molecule has 0 aliphatic heterocycles. The van der Waals surface area contributed by atoms with Crippen molar-refractivity contribution < 1.29 is 9.53 Å². The summed E-state index contributed by atoms with van der Waals surface area (Å²) in [4.78, 5) is 18.7. The van der Waals surface area contributed by atoms with E-state index in [4.69, 9.17) is 4.74 Å². The van der Waals surface area contributed by atoms with Gasteiger partial charge in [-0.1, -0.05) is 30.3 Å². The number of amides is 1. The number of carbonyl (C=O) groups is 1. The summed E-state index contributed by atoms with van der Waals surface area (Å²) in [5.41, 5.74) is 3.11. The summed E-state index contributed by atoms with van der Waals surface area (Å²) < 4.78 is 5.25. The van der Waals surface area contributed by atoms with Crippen molar-refractivity contribution in [3.05, 3.63) is 78.2 Å². The van der Waals surface area contributed by atoms with Crippen LogP contribution in [0.25, 0.3) is 22.0 Å². The number of fused-ring (bicyclic) bond motifs is 1. The monoisotopic (exact) mass is 372 g/mol. The smallest absolute Gasteiger partial charge is 0.271 e. The van der Waals surface area contributed by atoms with Gasteiger partial charge in [-0.2, -0.15) is 5.10 Å². The minimum Gasteiger partial charge on any atom is -0.497 e. The van der Waals surface area contributed by atoms with Crippen molar-refractivity contribution >= 4 is 16.7 Å². The van der Waals surface area contributed by atoms with Crippen molar-refractivity contribution in [3.63, 3.8) is 0 Å². The predicted octanol–water partition coefficient (Wildman–Crippen LogP) is 3.91. The Bertz CT molecular complexity index is 1130. The summed E-state index contributed by atoms with van der Waals surface area (Å²) >= 11 is 0. The van der Waals surface area contributed by atoms with Crippen molar-refractivity contribution in [2.75, 3.05) is 14.2 Å². The van der Waals surface area contributed by atoms with Gasteiger partial charge in [-0.3, -0.25) is 14.9 Å². The Morgan fingerprint density at radius 1 is 1.14 bits per heavy atom. The number of nitrogens with zero attached hydrogens (tertiary/aromatic N) is 3. The molecule has 0 saturated carbocycles. The number of rotatable bonds is 5. The van der Waals surface area contributed by atoms with Gasteiger partial charge < -0.3 is 9.64 Å². The van der Waals surface area contributed by atoms with Gasteiger partial charge in [0.1, 0.15) is 11.4 Å². The number of ether oxygens (including phenoxy) is 1. The molecule has 28 heavy (non-hydrogen) atoms. The Labute approximate surface area is 162 Å². The summed E-state index contributed by atoms with van der Waals surface area (Å²) in [5.74, 6) is 0.628. The van der Waals surface area contributed by atoms with Crippen molar-refractivity contribution in [3.8, 4) is 17.0 Å². The van der Waals surface area contributed by atoms with Crippen LogP contribution in [0.5, 0.6) is 5.75 Å². The van der Waals surface area contributed by atoms with E-state index < -0.39 is 0 Å². The lowest BCUT2D eigenvalue weighted by Gasteiger charge is -2.17. The van der Waals surface area contributed by atoms with Gasteiger partial charge in [-0.15, -0.1) is 0 Å². The van der Waals surface area contributed by atoms with E-state index in [-0.39, 0.29) is 5.91 Å². The lowest BCUT2D eigenvalue weighted by molar-refractivity contribution is 0.0780. The fourth-order valence-corrected chi connectivity index (χ4v) is 3.22. The van der Waals surface area contributed by atoms with E-state index in [1.807, 2.05) is 54.7 Å². The Morgan fingerprint density at radius 3 is 2.86 bits per heavy atom. The lowest BCUT2D eigenvalue weighted by Crippen LogP contribution is -2.26. The SMILES string of the molecule is COc1cccc(-c2cc(C(=O)N(C)Cc3cccc4cnccc34)[nH]n2)c1. The molecule has 0 radical (unpaired) electrons. The van der Waals surface area contributed by atoms with Crippen molar-refractivity contribution in [2.24, 2.45) is 0 Å².